The van der Waals surface area contributed by atoms with E-state index in [4.69, 9.17) is 21.1 Å². The molecular formula is C18H20ClNO3. The van der Waals surface area contributed by atoms with E-state index in [1.54, 1.807) is 36.4 Å². The first-order chi connectivity index (χ1) is 11.0. The van der Waals surface area contributed by atoms with Gasteiger partial charge in [0.25, 0.3) is 5.91 Å². The predicted molar refractivity (Wildman–Crippen MR) is 92.9 cm³/mol. The number of carbonyl (C=O) groups is 1. The fourth-order valence-electron chi connectivity index (χ4n) is 2.05. The van der Waals surface area contributed by atoms with Crippen LogP contribution in [0.2, 0.25) is 5.02 Å². The summed E-state index contributed by atoms with van der Waals surface area (Å²) in [5.74, 6) is 1.06. The van der Waals surface area contributed by atoms with Crippen molar-refractivity contribution in [2.75, 3.05) is 19.0 Å². The molecule has 0 aliphatic carbocycles. The van der Waals surface area contributed by atoms with Crippen LogP contribution in [-0.2, 0) is 0 Å². The molecule has 0 saturated heterocycles. The van der Waals surface area contributed by atoms with Crippen molar-refractivity contribution in [3.05, 3.63) is 52.5 Å². The van der Waals surface area contributed by atoms with Crippen LogP contribution in [0.25, 0.3) is 0 Å². The van der Waals surface area contributed by atoms with Gasteiger partial charge in [-0.1, -0.05) is 18.5 Å². The molecule has 0 aliphatic heterocycles. The second kappa shape index (κ2) is 7.88. The molecule has 122 valence electrons. The largest absolute Gasteiger partial charge is 0.495 e. The Morgan fingerprint density at radius 3 is 2.52 bits per heavy atom. The van der Waals surface area contributed by atoms with Gasteiger partial charge in [-0.05, 0) is 49.2 Å². The lowest BCUT2D eigenvalue weighted by atomic mass is 10.1. The normalized spacial score (nSPS) is 10.3. The average Bonchev–Trinajstić information content (AvgIpc) is 2.56. The molecule has 2 aromatic rings. The number of amides is 1. The first kappa shape index (κ1) is 17.2. The summed E-state index contributed by atoms with van der Waals surface area (Å²) >= 11 is 6.07. The maximum Gasteiger partial charge on any atom is 0.255 e. The molecule has 0 atom stereocenters. The third-order valence-corrected chi connectivity index (χ3v) is 3.73. The fourth-order valence-corrected chi connectivity index (χ4v) is 2.20. The highest BCUT2D eigenvalue weighted by atomic mass is 35.5. The van der Waals surface area contributed by atoms with Gasteiger partial charge in [0.15, 0.2) is 0 Å². The molecule has 1 amide bonds. The van der Waals surface area contributed by atoms with E-state index < -0.39 is 0 Å². The molecule has 5 heteroatoms. The third-order valence-electron chi connectivity index (χ3n) is 3.32. The number of hydrogen-bond acceptors (Lipinski definition) is 3. The van der Waals surface area contributed by atoms with Crippen LogP contribution in [0.15, 0.2) is 36.4 Å². The van der Waals surface area contributed by atoms with Crippen LogP contribution < -0.4 is 14.8 Å². The zero-order valence-electron chi connectivity index (χ0n) is 13.5. The van der Waals surface area contributed by atoms with Gasteiger partial charge in [0.1, 0.15) is 11.5 Å². The predicted octanol–water partition coefficient (Wildman–Crippen LogP) is 4.70. The zero-order chi connectivity index (χ0) is 16.8. The second-order valence-corrected chi connectivity index (χ2v) is 5.54. The monoisotopic (exact) mass is 333 g/mol. The number of nitrogens with one attached hydrogen (secondary N) is 1. The Hall–Kier alpha value is -2.20. The molecule has 0 aromatic heterocycles. The van der Waals surface area contributed by atoms with Crippen molar-refractivity contribution in [1.82, 2.24) is 0 Å². The maximum absolute atomic E-state index is 12.4. The molecule has 1 N–H and O–H groups in total. The number of halogens is 1. The molecule has 0 unspecified atom stereocenters. The lowest BCUT2D eigenvalue weighted by molar-refractivity contribution is 0.102. The molecule has 0 bridgehead atoms. The van der Waals surface area contributed by atoms with Crippen molar-refractivity contribution in [3.8, 4) is 11.5 Å². The van der Waals surface area contributed by atoms with E-state index in [9.17, 15) is 4.79 Å². The van der Waals surface area contributed by atoms with E-state index in [1.807, 2.05) is 13.8 Å². The number of hydrogen-bond donors (Lipinski definition) is 1. The first-order valence-electron chi connectivity index (χ1n) is 7.43. The second-order valence-electron chi connectivity index (χ2n) is 5.13. The molecule has 2 aromatic carbocycles. The Morgan fingerprint density at radius 1 is 1.22 bits per heavy atom. The highest BCUT2D eigenvalue weighted by Crippen LogP contribution is 2.31. The van der Waals surface area contributed by atoms with Crippen molar-refractivity contribution in [3.63, 3.8) is 0 Å². The lowest BCUT2D eigenvalue weighted by Crippen LogP contribution is -2.12. The van der Waals surface area contributed by atoms with Gasteiger partial charge in [-0.3, -0.25) is 4.79 Å². The van der Waals surface area contributed by atoms with Crippen LogP contribution in [0, 0.1) is 6.92 Å². The van der Waals surface area contributed by atoms with Crippen LogP contribution in [0.4, 0.5) is 5.69 Å². The quantitative estimate of drug-likeness (QED) is 0.833. The molecule has 23 heavy (non-hydrogen) atoms. The number of ether oxygens (including phenoxy) is 2. The van der Waals surface area contributed by atoms with Crippen molar-refractivity contribution in [2.24, 2.45) is 0 Å². The van der Waals surface area contributed by atoms with Crippen LogP contribution in [0.5, 0.6) is 11.5 Å². The topological polar surface area (TPSA) is 47.6 Å². The Balaban J connectivity index is 2.14. The highest BCUT2D eigenvalue weighted by molar-refractivity contribution is 6.31. The molecular weight excluding hydrogens is 314 g/mol. The van der Waals surface area contributed by atoms with E-state index in [0.29, 0.717) is 28.6 Å². The highest BCUT2D eigenvalue weighted by Gasteiger charge is 2.12. The molecule has 0 radical (unpaired) electrons. The molecule has 4 nitrogen and oxygen atoms in total. The number of benzene rings is 2. The van der Waals surface area contributed by atoms with Gasteiger partial charge >= 0.3 is 0 Å². The first-order valence-corrected chi connectivity index (χ1v) is 7.81. The third kappa shape index (κ3) is 4.39. The van der Waals surface area contributed by atoms with Crippen molar-refractivity contribution < 1.29 is 14.3 Å². The van der Waals surface area contributed by atoms with Gasteiger partial charge < -0.3 is 14.8 Å². The van der Waals surface area contributed by atoms with Gasteiger partial charge in [0.2, 0.25) is 0 Å². The van der Waals surface area contributed by atoms with Gasteiger partial charge in [0.05, 0.1) is 19.4 Å². The Kier molecular flexibility index (Phi) is 5.88. The minimum Gasteiger partial charge on any atom is -0.495 e. The summed E-state index contributed by atoms with van der Waals surface area (Å²) in [5, 5.41) is 3.44. The van der Waals surface area contributed by atoms with Gasteiger partial charge in [-0.15, -0.1) is 0 Å². The Bertz CT molecular complexity index is 683. The van der Waals surface area contributed by atoms with Crippen molar-refractivity contribution in [2.45, 2.75) is 20.3 Å². The molecule has 0 fully saturated rings. The number of methoxy groups -OCH3 is 1. The SMILES string of the molecule is CCCOc1ccc(C(=O)Nc2cc(C)c(Cl)cc2OC)cc1. The summed E-state index contributed by atoms with van der Waals surface area (Å²) in [6.07, 6.45) is 0.942. The number of carbonyl (C=O) groups excluding carboxylic acids is 1. The van der Waals surface area contributed by atoms with Gasteiger partial charge in [-0.25, -0.2) is 0 Å². The van der Waals surface area contributed by atoms with Crippen LogP contribution in [0.1, 0.15) is 29.3 Å². The van der Waals surface area contributed by atoms with Gasteiger partial charge in [0, 0.05) is 16.7 Å². The van der Waals surface area contributed by atoms with Crippen molar-refractivity contribution in [1.29, 1.82) is 0 Å². The number of anilines is 1. The van der Waals surface area contributed by atoms with E-state index in [0.717, 1.165) is 17.7 Å². The van der Waals surface area contributed by atoms with E-state index in [2.05, 4.69) is 5.32 Å². The Morgan fingerprint density at radius 2 is 1.91 bits per heavy atom. The minimum atomic E-state index is -0.216. The average molecular weight is 334 g/mol. The van der Waals surface area contributed by atoms with E-state index >= 15 is 0 Å². The zero-order valence-corrected chi connectivity index (χ0v) is 14.2. The van der Waals surface area contributed by atoms with Gasteiger partial charge in [-0.2, -0.15) is 0 Å². The molecule has 0 heterocycles. The van der Waals surface area contributed by atoms with Crippen molar-refractivity contribution >= 4 is 23.2 Å². The van der Waals surface area contributed by atoms with Crippen LogP contribution in [0.3, 0.4) is 0 Å². The number of aryl methyl sites for hydroxylation is 1. The van der Waals surface area contributed by atoms with E-state index in [1.165, 1.54) is 7.11 Å². The summed E-state index contributed by atoms with van der Waals surface area (Å²) in [6, 6.07) is 10.5. The smallest absolute Gasteiger partial charge is 0.255 e. The minimum absolute atomic E-state index is 0.216. The molecule has 2 rings (SSSR count). The summed E-state index contributed by atoms with van der Waals surface area (Å²) < 4.78 is 10.8. The summed E-state index contributed by atoms with van der Waals surface area (Å²) in [7, 11) is 1.54. The summed E-state index contributed by atoms with van der Waals surface area (Å²) in [5.41, 5.74) is 2.00. The number of rotatable bonds is 6. The Labute approximate surface area is 141 Å². The molecule has 0 saturated carbocycles. The fraction of sp³-hybridized carbons (Fsp3) is 0.278. The van der Waals surface area contributed by atoms with E-state index in [-0.39, 0.29) is 5.91 Å². The standard InChI is InChI=1S/C18H20ClNO3/c1-4-9-23-14-7-5-13(6-8-14)18(21)20-16-10-12(2)15(19)11-17(16)22-3/h5-8,10-11H,4,9H2,1-3H3,(H,20,21). The lowest BCUT2D eigenvalue weighted by Gasteiger charge is -2.12. The summed E-state index contributed by atoms with van der Waals surface area (Å²) in [6.45, 7) is 4.58. The molecule has 0 spiro atoms. The van der Waals surface area contributed by atoms with Crippen LogP contribution in [-0.4, -0.2) is 19.6 Å². The molecule has 0 aliphatic rings. The summed E-state index contributed by atoms with van der Waals surface area (Å²) in [4.78, 5) is 12.4. The maximum atomic E-state index is 12.4. The van der Waals surface area contributed by atoms with Crippen LogP contribution >= 0.6 is 11.6 Å².